The summed E-state index contributed by atoms with van der Waals surface area (Å²) in [5.41, 5.74) is -1.11. The predicted octanol–water partition coefficient (Wildman–Crippen LogP) is 1.10. The first-order valence-electron chi connectivity index (χ1n) is 4.29. The van der Waals surface area contributed by atoms with Crippen molar-refractivity contribution in [3.8, 4) is 0 Å². The third-order valence-corrected chi connectivity index (χ3v) is 2.20. The van der Waals surface area contributed by atoms with E-state index in [0.717, 1.165) is 0 Å². The van der Waals surface area contributed by atoms with Crippen LogP contribution in [0.3, 0.4) is 0 Å². The summed E-state index contributed by atoms with van der Waals surface area (Å²) in [7, 11) is 0. The highest BCUT2D eigenvalue weighted by Gasteiger charge is 2.54. The normalized spacial score (nSPS) is 24.3. The van der Waals surface area contributed by atoms with Crippen LogP contribution in [0.15, 0.2) is 0 Å². The van der Waals surface area contributed by atoms with Crippen LogP contribution in [0.1, 0.15) is 33.6 Å². The Balaban J connectivity index is 2.49. The molecule has 1 rings (SSSR count). The first-order valence-corrected chi connectivity index (χ1v) is 4.29. The number of rotatable bonds is 2. The van der Waals surface area contributed by atoms with Gasteiger partial charge in [-0.3, -0.25) is 0 Å². The molecule has 0 radical (unpaired) electrons. The Bertz CT molecular complexity index is 188. The SMILES string of the molecule is CCOC(=O)C1(O)CC(C)(C)C1. The fourth-order valence-electron chi connectivity index (χ4n) is 1.94. The molecule has 1 saturated carbocycles. The number of ether oxygens (including phenoxy) is 1. The molecule has 0 aliphatic heterocycles. The molecular formula is C9H16O3. The van der Waals surface area contributed by atoms with Crippen LogP contribution >= 0.6 is 0 Å². The Kier molecular flexibility index (Phi) is 2.17. The van der Waals surface area contributed by atoms with E-state index in [-0.39, 0.29) is 5.41 Å². The van der Waals surface area contributed by atoms with Gasteiger partial charge in [-0.05, 0) is 25.2 Å². The minimum Gasteiger partial charge on any atom is -0.464 e. The second kappa shape index (κ2) is 2.73. The third kappa shape index (κ3) is 1.61. The molecule has 70 valence electrons. The minimum absolute atomic E-state index is 0.0848. The maximum absolute atomic E-state index is 11.2. The van der Waals surface area contributed by atoms with Gasteiger partial charge in [-0.2, -0.15) is 0 Å². The van der Waals surface area contributed by atoms with Crippen LogP contribution in [0.4, 0.5) is 0 Å². The largest absolute Gasteiger partial charge is 0.464 e. The highest BCUT2D eigenvalue weighted by Crippen LogP contribution is 2.48. The van der Waals surface area contributed by atoms with Crippen molar-refractivity contribution in [2.24, 2.45) is 5.41 Å². The van der Waals surface area contributed by atoms with Crippen molar-refractivity contribution in [2.45, 2.75) is 39.2 Å². The van der Waals surface area contributed by atoms with Gasteiger partial charge in [0.25, 0.3) is 0 Å². The second-order valence-electron chi connectivity index (χ2n) is 4.27. The van der Waals surface area contributed by atoms with Crippen LogP contribution in [-0.2, 0) is 9.53 Å². The molecule has 0 aromatic rings. The lowest BCUT2D eigenvalue weighted by molar-refractivity contribution is -0.189. The van der Waals surface area contributed by atoms with Crippen LogP contribution in [0, 0.1) is 5.41 Å². The van der Waals surface area contributed by atoms with Crippen LogP contribution in [-0.4, -0.2) is 23.3 Å². The maximum atomic E-state index is 11.2. The van der Waals surface area contributed by atoms with Gasteiger partial charge >= 0.3 is 5.97 Å². The van der Waals surface area contributed by atoms with E-state index in [4.69, 9.17) is 4.74 Å². The molecule has 12 heavy (non-hydrogen) atoms. The van der Waals surface area contributed by atoms with Crippen molar-refractivity contribution in [3.63, 3.8) is 0 Å². The van der Waals surface area contributed by atoms with Gasteiger partial charge < -0.3 is 9.84 Å². The summed E-state index contributed by atoms with van der Waals surface area (Å²) in [6, 6.07) is 0. The summed E-state index contributed by atoms with van der Waals surface area (Å²) in [6.07, 6.45) is 1.03. The highest BCUT2D eigenvalue weighted by atomic mass is 16.5. The molecule has 0 aromatic carbocycles. The van der Waals surface area contributed by atoms with Crippen molar-refractivity contribution in [2.75, 3.05) is 6.61 Å². The van der Waals surface area contributed by atoms with E-state index in [9.17, 15) is 9.90 Å². The Hall–Kier alpha value is -0.570. The fraction of sp³-hybridized carbons (Fsp3) is 0.889. The van der Waals surface area contributed by atoms with Crippen molar-refractivity contribution >= 4 is 5.97 Å². The number of aliphatic hydroxyl groups is 1. The van der Waals surface area contributed by atoms with E-state index in [1.165, 1.54) is 0 Å². The number of hydrogen-bond donors (Lipinski definition) is 1. The molecule has 0 saturated heterocycles. The number of carbonyl (C=O) groups is 1. The second-order valence-corrected chi connectivity index (χ2v) is 4.27. The molecule has 0 spiro atoms. The molecular weight excluding hydrogens is 156 g/mol. The van der Waals surface area contributed by atoms with E-state index in [1.54, 1.807) is 6.92 Å². The predicted molar refractivity (Wildman–Crippen MR) is 44.6 cm³/mol. The zero-order chi connectivity index (χ0) is 9.41. The van der Waals surface area contributed by atoms with Gasteiger partial charge in [-0.15, -0.1) is 0 Å². The monoisotopic (exact) mass is 172 g/mol. The smallest absolute Gasteiger partial charge is 0.338 e. The molecule has 0 amide bonds. The number of carbonyl (C=O) groups excluding carboxylic acids is 1. The molecule has 0 unspecified atom stereocenters. The lowest BCUT2D eigenvalue weighted by atomic mass is 9.61. The van der Waals surface area contributed by atoms with Crippen LogP contribution in [0.25, 0.3) is 0 Å². The Labute approximate surface area is 72.7 Å². The lowest BCUT2D eigenvalue weighted by Crippen LogP contribution is -2.55. The standard InChI is InChI=1S/C9H16O3/c1-4-12-7(10)9(11)5-8(2,3)6-9/h11H,4-6H2,1-3H3. The Morgan fingerprint density at radius 1 is 1.50 bits per heavy atom. The summed E-state index contributed by atoms with van der Waals surface area (Å²) in [5, 5.41) is 9.67. The molecule has 0 atom stereocenters. The summed E-state index contributed by atoms with van der Waals surface area (Å²) in [5.74, 6) is -0.468. The maximum Gasteiger partial charge on any atom is 0.338 e. The summed E-state index contributed by atoms with van der Waals surface area (Å²) in [4.78, 5) is 11.2. The van der Waals surface area contributed by atoms with Crippen LogP contribution in [0.5, 0.6) is 0 Å². The number of hydrogen-bond acceptors (Lipinski definition) is 3. The zero-order valence-electron chi connectivity index (χ0n) is 7.89. The summed E-state index contributed by atoms with van der Waals surface area (Å²) >= 11 is 0. The minimum atomic E-state index is -1.19. The topological polar surface area (TPSA) is 46.5 Å². The molecule has 1 N–H and O–H groups in total. The van der Waals surface area contributed by atoms with E-state index < -0.39 is 11.6 Å². The molecule has 3 nitrogen and oxygen atoms in total. The van der Waals surface area contributed by atoms with Gasteiger partial charge in [0.05, 0.1) is 6.61 Å². The van der Waals surface area contributed by atoms with Crippen LogP contribution < -0.4 is 0 Å². The van der Waals surface area contributed by atoms with E-state index >= 15 is 0 Å². The van der Waals surface area contributed by atoms with E-state index in [0.29, 0.717) is 19.4 Å². The average Bonchev–Trinajstić information content (AvgIpc) is 1.83. The molecule has 1 aliphatic rings. The summed E-state index contributed by atoms with van der Waals surface area (Å²) in [6.45, 7) is 6.13. The number of esters is 1. The molecule has 1 fully saturated rings. The Morgan fingerprint density at radius 3 is 2.33 bits per heavy atom. The highest BCUT2D eigenvalue weighted by molar-refractivity contribution is 5.80. The summed E-state index contributed by atoms with van der Waals surface area (Å²) < 4.78 is 4.75. The lowest BCUT2D eigenvalue weighted by Gasteiger charge is -2.47. The van der Waals surface area contributed by atoms with Gasteiger partial charge in [-0.1, -0.05) is 13.8 Å². The molecule has 3 heteroatoms. The Morgan fingerprint density at radius 2 is 2.00 bits per heavy atom. The van der Waals surface area contributed by atoms with E-state index in [1.807, 2.05) is 13.8 Å². The van der Waals surface area contributed by atoms with Crippen molar-refractivity contribution in [3.05, 3.63) is 0 Å². The van der Waals surface area contributed by atoms with Gasteiger partial charge in [0, 0.05) is 0 Å². The first kappa shape index (κ1) is 9.52. The molecule has 0 heterocycles. The third-order valence-electron chi connectivity index (χ3n) is 2.20. The van der Waals surface area contributed by atoms with E-state index in [2.05, 4.69) is 0 Å². The van der Waals surface area contributed by atoms with Crippen molar-refractivity contribution in [1.29, 1.82) is 0 Å². The van der Waals surface area contributed by atoms with Gasteiger partial charge in [-0.25, -0.2) is 4.79 Å². The van der Waals surface area contributed by atoms with Gasteiger partial charge in [0.1, 0.15) is 0 Å². The molecule has 0 aromatic heterocycles. The molecule has 1 aliphatic carbocycles. The van der Waals surface area contributed by atoms with Crippen LogP contribution in [0.2, 0.25) is 0 Å². The molecule has 0 bridgehead atoms. The van der Waals surface area contributed by atoms with Crippen molar-refractivity contribution in [1.82, 2.24) is 0 Å². The van der Waals surface area contributed by atoms with Gasteiger partial charge in [0.2, 0.25) is 0 Å². The first-order chi connectivity index (χ1) is 5.40. The fourth-order valence-corrected chi connectivity index (χ4v) is 1.94. The zero-order valence-corrected chi connectivity index (χ0v) is 7.89. The van der Waals surface area contributed by atoms with Crippen molar-refractivity contribution < 1.29 is 14.6 Å². The average molecular weight is 172 g/mol. The quantitative estimate of drug-likeness (QED) is 0.634. The van der Waals surface area contributed by atoms with Gasteiger partial charge in [0.15, 0.2) is 5.60 Å².